The minimum absolute atomic E-state index is 0.282. The summed E-state index contributed by atoms with van der Waals surface area (Å²) in [6.07, 6.45) is 0. The maximum absolute atomic E-state index is 4.91. The topological polar surface area (TPSA) is 50.8 Å². The molecule has 5 heteroatoms. The van der Waals surface area contributed by atoms with E-state index in [-0.39, 0.29) is 6.01 Å². The maximum atomic E-state index is 4.91. The van der Waals surface area contributed by atoms with E-state index in [9.17, 15) is 0 Å². The highest BCUT2D eigenvalue weighted by atomic mass is 32.1. The van der Waals surface area contributed by atoms with E-state index in [4.69, 9.17) is 4.74 Å². The van der Waals surface area contributed by atoms with Crippen molar-refractivity contribution < 1.29 is 4.74 Å². The van der Waals surface area contributed by atoms with E-state index in [1.165, 1.54) is 0 Å². The lowest BCUT2D eigenvalue weighted by atomic mass is 10.8. The van der Waals surface area contributed by atoms with Gasteiger partial charge in [-0.25, -0.2) is 0 Å². The highest BCUT2D eigenvalue weighted by Gasteiger charge is 1.99. The third-order valence-corrected chi connectivity index (χ3v) is 0.895. The Morgan fingerprint density at radius 3 is 2.80 bits per heavy atom. The van der Waals surface area contributed by atoms with Crippen LogP contribution in [-0.2, 0) is 0 Å². The third-order valence-electron chi connectivity index (χ3n) is 0.812. The van der Waals surface area contributed by atoms with Gasteiger partial charge in [0, 0.05) is 6.92 Å². The summed E-state index contributed by atoms with van der Waals surface area (Å²) in [5.41, 5.74) is 0. The van der Waals surface area contributed by atoms with E-state index in [0.717, 1.165) is 0 Å². The Morgan fingerprint density at radius 1 is 1.70 bits per heavy atom. The second-order valence-corrected chi connectivity index (χ2v) is 2.37. The molecule has 1 rings (SSSR count). The number of aryl methyl sites for hydroxylation is 1. The Bertz CT molecular complexity index is 245. The van der Waals surface area contributed by atoms with E-state index >= 15 is 0 Å². The molecular weight excluding hydrogens is 150 g/mol. The number of aromatic nitrogens is 3. The second-order valence-electron chi connectivity index (χ2n) is 1.80. The molecule has 4 nitrogen and oxygen atoms in total. The van der Waals surface area contributed by atoms with E-state index in [1.54, 1.807) is 13.8 Å². The molecule has 0 fully saturated rings. The van der Waals surface area contributed by atoms with Gasteiger partial charge in [0.25, 0.3) is 0 Å². The quantitative estimate of drug-likeness (QED) is 0.614. The van der Waals surface area contributed by atoms with Crippen molar-refractivity contribution in [2.45, 2.75) is 13.8 Å². The van der Waals surface area contributed by atoms with Crippen molar-refractivity contribution >= 4 is 17.3 Å². The summed E-state index contributed by atoms with van der Waals surface area (Å²) in [4.78, 5) is 3.87. The van der Waals surface area contributed by atoms with Crippen LogP contribution in [0.2, 0.25) is 0 Å². The minimum atomic E-state index is 0.282. The monoisotopic (exact) mass is 157 g/mol. The molecule has 0 aliphatic heterocycles. The first kappa shape index (κ1) is 7.14. The van der Waals surface area contributed by atoms with Gasteiger partial charge < -0.3 is 4.74 Å². The van der Waals surface area contributed by atoms with Crippen LogP contribution in [0.4, 0.5) is 0 Å². The van der Waals surface area contributed by atoms with Crippen LogP contribution in [0.25, 0.3) is 0 Å². The normalized spacial score (nSPS) is 9.40. The molecule has 0 bridgehead atoms. The number of nitrogens with zero attached hydrogens (tertiary/aromatic N) is 2. The third kappa shape index (κ3) is 1.77. The number of H-pyrrole nitrogens is 1. The fourth-order valence-corrected chi connectivity index (χ4v) is 0.571. The first-order valence-electron chi connectivity index (χ1n) is 2.76. The second kappa shape index (κ2) is 2.74. The molecule has 0 saturated carbocycles. The fraction of sp³-hybridized carbons (Fsp3) is 0.400. The molecule has 0 aliphatic carbocycles. The van der Waals surface area contributed by atoms with Crippen LogP contribution in [0.15, 0.2) is 0 Å². The van der Waals surface area contributed by atoms with Crippen LogP contribution in [0, 0.1) is 6.92 Å². The lowest BCUT2D eigenvalue weighted by Gasteiger charge is -1.92. The summed E-state index contributed by atoms with van der Waals surface area (Å²) < 4.78 is 4.91. The Morgan fingerprint density at radius 2 is 2.40 bits per heavy atom. The number of thiocarbonyl (C=S) groups is 1. The number of nitrogens with one attached hydrogen (secondary N) is 1. The average molecular weight is 157 g/mol. The van der Waals surface area contributed by atoms with Gasteiger partial charge in [0.2, 0.25) is 0 Å². The van der Waals surface area contributed by atoms with Gasteiger partial charge in [-0.1, -0.05) is 0 Å². The lowest BCUT2D eigenvalue weighted by Crippen LogP contribution is -1.99. The Hall–Kier alpha value is -0.970. The standard InChI is InChI=1S/C5H7N3OS/c1-3-6-5(8-7-3)9-4(2)10/h1-2H3,(H,6,7,8). The first-order chi connectivity index (χ1) is 4.68. The molecule has 54 valence electrons. The van der Waals surface area contributed by atoms with Gasteiger partial charge >= 0.3 is 6.01 Å². The Kier molecular flexibility index (Phi) is 1.96. The molecule has 1 N–H and O–H groups in total. The van der Waals surface area contributed by atoms with Gasteiger partial charge in [-0.3, -0.25) is 5.10 Å². The zero-order valence-corrected chi connectivity index (χ0v) is 6.53. The summed E-state index contributed by atoms with van der Waals surface area (Å²) in [6, 6.07) is 0.282. The van der Waals surface area contributed by atoms with Crippen LogP contribution in [0.3, 0.4) is 0 Å². The maximum Gasteiger partial charge on any atom is 0.341 e. The van der Waals surface area contributed by atoms with Gasteiger partial charge in [0.1, 0.15) is 5.82 Å². The molecule has 0 radical (unpaired) electrons. The molecule has 0 spiro atoms. The molecule has 0 atom stereocenters. The molecular formula is C5H7N3OS. The molecule has 1 heterocycles. The smallest absolute Gasteiger partial charge is 0.341 e. The van der Waals surface area contributed by atoms with E-state index in [2.05, 4.69) is 27.4 Å². The molecule has 0 aromatic carbocycles. The zero-order valence-electron chi connectivity index (χ0n) is 5.71. The largest absolute Gasteiger partial charge is 0.416 e. The SMILES string of the molecule is CC(=S)Oc1n[nH]c(C)n1. The number of hydrogen-bond acceptors (Lipinski definition) is 4. The molecule has 10 heavy (non-hydrogen) atoms. The van der Waals surface area contributed by atoms with Crippen LogP contribution in [0.5, 0.6) is 6.01 Å². The minimum Gasteiger partial charge on any atom is -0.416 e. The Balaban J connectivity index is 2.67. The van der Waals surface area contributed by atoms with Gasteiger partial charge in [0.05, 0.1) is 0 Å². The molecule has 1 aromatic rings. The van der Waals surface area contributed by atoms with Crippen molar-refractivity contribution in [2.24, 2.45) is 0 Å². The molecule has 0 amide bonds. The summed E-state index contributed by atoms with van der Waals surface area (Å²) >= 11 is 4.67. The summed E-state index contributed by atoms with van der Waals surface area (Å²) in [7, 11) is 0. The van der Waals surface area contributed by atoms with Crippen molar-refractivity contribution in [3.05, 3.63) is 5.82 Å². The van der Waals surface area contributed by atoms with Gasteiger partial charge in [-0.2, -0.15) is 4.98 Å². The average Bonchev–Trinajstić information content (AvgIpc) is 2.13. The number of hydrogen-bond donors (Lipinski definition) is 1. The van der Waals surface area contributed by atoms with Crippen LogP contribution < -0.4 is 4.74 Å². The first-order valence-corrected chi connectivity index (χ1v) is 3.17. The van der Waals surface area contributed by atoms with Crippen molar-refractivity contribution in [1.82, 2.24) is 15.2 Å². The van der Waals surface area contributed by atoms with Crippen molar-refractivity contribution in [3.63, 3.8) is 0 Å². The van der Waals surface area contributed by atoms with E-state index < -0.39 is 0 Å². The number of aromatic amines is 1. The predicted molar refractivity (Wildman–Crippen MR) is 40.0 cm³/mol. The summed E-state index contributed by atoms with van der Waals surface area (Å²) in [5.74, 6) is 0.714. The fourth-order valence-electron chi connectivity index (χ4n) is 0.496. The number of ether oxygens (including phenoxy) is 1. The van der Waals surface area contributed by atoms with Crippen LogP contribution in [-0.4, -0.2) is 20.2 Å². The van der Waals surface area contributed by atoms with Crippen LogP contribution in [0.1, 0.15) is 12.7 Å². The predicted octanol–water partition coefficient (Wildman–Crippen LogP) is 0.839. The molecule has 0 unspecified atom stereocenters. The van der Waals surface area contributed by atoms with Gasteiger partial charge in [-0.15, -0.1) is 5.10 Å². The van der Waals surface area contributed by atoms with Gasteiger partial charge in [-0.05, 0) is 19.1 Å². The highest BCUT2D eigenvalue weighted by Crippen LogP contribution is 1.99. The molecule has 1 aromatic heterocycles. The number of rotatable bonds is 1. The Labute approximate surface area is 63.6 Å². The van der Waals surface area contributed by atoms with E-state index in [1.807, 2.05) is 0 Å². The molecule has 0 aliphatic rings. The van der Waals surface area contributed by atoms with Gasteiger partial charge in [0.15, 0.2) is 5.05 Å². The van der Waals surface area contributed by atoms with Crippen LogP contribution >= 0.6 is 12.2 Å². The van der Waals surface area contributed by atoms with Crippen molar-refractivity contribution in [1.29, 1.82) is 0 Å². The van der Waals surface area contributed by atoms with Crippen molar-refractivity contribution in [2.75, 3.05) is 0 Å². The molecule has 0 saturated heterocycles. The summed E-state index contributed by atoms with van der Waals surface area (Å²) in [5, 5.41) is 6.75. The summed E-state index contributed by atoms with van der Waals surface area (Å²) in [6.45, 7) is 3.46. The van der Waals surface area contributed by atoms with E-state index in [0.29, 0.717) is 10.9 Å². The van der Waals surface area contributed by atoms with Crippen molar-refractivity contribution in [3.8, 4) is 6.01 Å². The lowest BCUT2D eigenvalue weighted by molar-refractivity contribution is 0.514. The zero-order chi connectivity index (χ0) is 7.56. The highest BCUT2D eigenvalue weighted by molar-refractivity contribution is 7.80.